The summed E-state index contributed by atoms with van der Waals surface area (Å²) in [5, 5.41) is 9.83. The van der Waals surface area contributed by atoms with Crippen LogP contribution in [0.25, 0.3) is 0 Å². The van der Waals surface area contributed by atoms with Gasteiger partial charge in [-0.3, -0.25) is 4.79 Å². The molecule has 1 fully saturated rings. The van der Waals surface area contributed by atoms with Gasteiger partial charge in [0.2, 0.25) is 0 Å². The number of amides is 1. The molecule has 1 N–H and O–H groups in total. The summed E-state index contributed by atoms with van der Waals surface area (Å²) >= 11 is 6.02. The Morgan fingerprint density at radius 1 is 1.53 bits per heavy atom. The second-order valence-electron chi connectivity index (χ2n) is 4.96. The van der Waals surface area contributed by atoms with Gasteiger partial charge in [-0.15, -0.1) is 0 Å². The average molecular weight is 284 g/mol. The van der Waals surface area contributed by atoms with Crippen molar-refractivity contribution in [3.63, 3.8) is 0 Å². The van der Waals surface area contributed by atoms with Crippen LogP contribution < -0.4 is 0 Å². The number of methoxy groups -OCH3 is 1. The summed E-state index contributed by atoms with van der Waals surface area (Å²) in [6.45, 7) is 3.37. The van der Waals surface area contributed by atoms with Gasteiger partial charge in [-0.25, -0.2) is 0 Å². The fourth-order valence-corrected chi connectivity index (χ4v) is 2.57. The van der Waals surface area contributed by atoms with Gasteiger partial charge in [0.25, 0.3) is 5.91 Å². The van der Waals surface area contributed by atoms with Crippen molar-refractivity contribution in [1.29, 1.82) is 0 Å². The molecule has 0 spiro atoms. The Balaban J connectivity index is 2.18. The predicted molar refractivity (Wildman–Crippen MR) is 73.6 cm³/mol. The molecule has 0 aromatic heterocycles. The lowest BCUT2D eigenvalue weighted by Gasteiger charge is -2.36. The Bertz CT molecular complexity index is 478. The summed E-state index contributed by atoms with van der Waals surface area (Å²) in [4.78, 5) is 14.1. The lowest BCUT2D eigenvalue weighted by atomic mass is 9.95. The molecule has 1 heterocycles. The minimum Gasteiger partial charge on any atom is -0.508 e. The van der Waals surface area contributed by atoms with E-state index in [2.05, 4.69) is 6.92 Å². The van der Waals surface area contributed by atoms with E-state index in [-0.39, 0.29) is 17.8 Å². The summed E-state index contributed by atoms with van der Waals surface area (Å²) in [6.07, 6.45) is 0.953. The quantitative estimate of drug-likeness (QED) is 0.907. The molecule has 1 amide bonds. The van der Waals surface area contributed by atoms with E-state index < -0.39 is 0 Å². The number of halogens is 1. The molecule has 2 atom stereocenters. The Morgan fingerprint density at radius 3 is 2.95 bits per heavy atom. The van der Waals surface area contributed by atoms with Crippen molar-refractivity contribution in [1.82, 2.24) is 4.90 Å². The lowest BCUT2D eigenvalue weighted by molar-refractivity contribution is -0.00156. The van der Waals surface area contributed by atoms with Crippen LogP contribution in [0.2, 0.25) is 5.02 Å². The molecule has 0 saturated carbocycles. The lowest BCUT2D eigenvalue weighted by Crippen LogP contribution is -2.46. The highest BCUT2D eigenvalue weighted by atomic mass is 35.5. The third-order valence-electron chi connectivity index (χ3n) is 3.66. The van der Waals surface area contributed by atoms with E-state index in [9.17, 15) is 9.90 Å². The number of aromatic hydroxyl groups is 1. The van der Waals surface area contributed by atoms with Gasteiger partial charge < -0.3 is 14.7 Å². The highest BCUT2D eigenvalue weighted by molar-refractivity contribution is 6.33. The first-order valence-corrected chi connectivity index (χ1v) is 6.71. The molecule has 1 aliphatic rings. The van der Waals surface area contributed by atoms with E-state index in [4.69, 9.17) is 16.3 Å². The van der Waals surface area contributed by atoms with E-state index in [1.165, 1.54) is 18.2 Å². The highest BCUT2D eigenvalue weighted by Crippen LogP contribution is 2.26. The van der Waals surface area contributed by atoms with Crippen LogP contribution in [0, 0.1) is 5.92 Å². The maximum absolute atomic E-state index is 12.4. The van der Waals surface area contributed by atoms with Crippen LogP contribution in [0.3, 0.4) is 0 Å². The molecule has 2 unspecified atom stereocenters. The number of phenols is 1. The predicted octanol–water partition coefficient (Wildman–Crippen LogP) is 2.54. The Morgan fingerprint density at radius 2 is 2.26 bits per heavy atom. The summed E-state index contributed by atoms with van der Waals surface area (Å²) in [6, 6.07) is 4.41. The smallest absolute Gasteiger partial charge is 0.255 e. The van der Waals surface area contributed by atoms with Crippen molar-refractivity contribution in [2.45, 2.75) is 19.4 Å². The van der Waals surface area contributed by atoms with Gasteiger partial charge in [0, 0.05) is 20.2 Å². The molecule has 104 valence electrons. The number of nitrogens with zero attached hydrogens (tertiary/aromatic N) is 1. The minimum absolute atomic E-state index is 0.0430. The third kappa shape index (κ3) is 3.01. The molecular formula is C14H18ClNO3. The Hall–Kier alpha value is -1.26. The number of phenolic OH excluding ortho intramolecular Hbond substituents is 1. The molecule has 2 rings (SSSR count). The fraction of sp³-hybridized carbons (Fsp3) is 0.500. The molecule has 1 aliphatic heterocycles. The van der Waals surface area contributed by atoms with Gasteiger partial charge in [0.05, 0.1) is 16.7 Å². The first-order valence-electron chi connectivity index (χ1n) is 6.33. The summed E-state index contributed by atoms with van der Waals surface area (Å²) in [5.74, 6) is 0.324. The summed E-state index contributed by atoms with van der Waals surface area (Å²) in [5.41, 5.74) is 0.339. The zero-order valence-corrected chi connectivity index (χ0v) is 11.9. The van der Waals surface area contributed by atoms with Crippen LogP contribution in [-0.2, 0) is 4.74 Å². The van der Waals surface area contributed by atoms with Gasteiger partial charge >= 0.3 is 0 Å². The number of piperidine rings is 1. The minimum atomic E-state index is -0.158. The fourth-order valence-electron chi connectivity index (χ4n) is 2.37. The van der Waals surface area contributed by atoms with Crippen molar-refractivity contribution in [2.75, 3.05) is 20.2 Å². The largest absolute Gasteiger partial charge is 0.508 e. The molecule has 5 heteroatoms. The second kappa shape index (κ2) is 5.80. The Kier molecular flexibility index (Phi) is 4.32. The summed E-state index contributed by atoms with van der Waals surface area (Å²) in [7, 11) is 1.66. The molecule has 1 aromatic rings. The van der Waals surface area contributed by atoms with Crippen LogP contribution >= 0.6 is 11.6 Å². The molecular weight excluding hydrogens is 266 g/mol. The second-order valence-corrected chi connectivity index (χ2v) is 5.36. The normalized spacial score (nSPS) is 23.4. The van der Waals surface area contributed by atoms with Crippen LogP contribution in [0.5, 0.6) is 5.75 Å². The SMILES string of the molecule is COC1CN(C(=O)c2cc(O)ccc2Cl)CCC1C. The number of hydrogen-bond donors (Lipinski definition) is 1. The van der Waals surface area contributed by atoms with Crippen LogP contribution in [0.1, 0.15) is 23.7 Å². The molecule has 0 bridgehead atoms. The standard InChI is InChI=1S/C14H18ClNO3/c1-9-5-6-16(8-13(9)19-2)14(18)11-7-10(17)3-4-12(11)15/h3-4,7,9,13,17H,5-6,8H2,1-2H3. The van der Waals surface area contributed by atoms with Gasteiger partial charge in [-0.05, 0) is 30.5 Å². The number of ether oxygens (including phenoxy) is 1. The van der Waals surface area contributed by atoms with E-state index in [0.717, 1.165) is 6.42 Å². The number of hydrogen-bond acceptors (Lipinski definition) is 3. The number of likely N-dealkylation sites (tertiary alicyclic amines) is 1. The number of rotatable bonds is 2. The maximum atomic E-state index is 12.4. The van der Waals surface area contributed by atoms with Crippen LogP contribution in [0.4, 0.5) is 0 Å². The van der Waals surface area contributed by atoms with Gasteiger partial charge in [-0.1, -0.05) is 18.5 Å². The maximum Gasteiger partial charge on any atom is 0.255 e. The third-order valence-corrected chi connectivity index (χ3v) is 3.99. The van der Waals surface area contributed by atoms with Crippen LogP contribution in [0.15, 0.2) is 18.2 Å². The van der Waals surface area contributed by atoms with E-state index in [0.29, 0.717) is 29.6 Å². The molecule has 4 nitrogen and oxygen atoms in total. The molecule has 0 aliphatic carbocycles. The molecule has 1 aromatic carbocycles. The zero-order chi connectivity index (χ0) is 14.0. The van der Waals surface area contributed by atoms with E-state index in [1.54, 1.807) is 12.0 Å². The van der Waals surface area contributed by atoms with Gasteiger partial charge in [0.15, 0.2) is 0 Å². The van der Waals surface area contributed by atoms with Gasteiger partial charge in [-0.2, -0.15) is 0 Å². The van der Waals surface area contributed by atoms with E-state index >= 15 is 0 Å². The molecule has 0 radical (unpaired) electrons. The van der Waals surface area contributed by atoms with E-state index in [1.807, 2.05) is 0 Å². The first-order chi connectivity index (χ1) is 9.02. The molecule has 1 saturated heterocycles. The monoisotopic (exact) mass is 283 g/mol. The number of carbonyl (C=O) groups is 1. The topological polar surface area (TPSA) is 49.8 Å². The van der Waals surface area contributed by atoms with Crippen LogP contribution in [-0.4, -0.2) is 42.2 Å². The first kappa shape index (κ1) is 14.2. The number of benzene rings is 1. The Labute approximate surface area is 117 Å². The van der Waals surface area contributed by atoms with Gasteiger partial charge in [0.1, 0.15) is 5.75 Å². The zero-order valence-electron chi connectivity index (χ0n) is 11.1. The van der Waals surface area contributed by atoms with Crippen molar-refractivity contribution < 1.29 is 14.6 Å². The number of carbonyl (C=O) groups excluding carboxylic acids is 1. The van der Waals surface area contributed by atoms with Crippen molar-refractivity contribution >= 4 is 17.5 Å². The van der Waals surface area contributed by atoms with Crippen molar-refractivity contribution in [3.8, 4) is 5.75 Å². The van der Waals surface area contributed by atoms with Crippen molar-refractivity contribution in [3.05, 3.63) is 28.8 Å². The average Bonchev–Trinajstić information content (AvgIpc) is 2.41. The molecule has 19 heavy (non-hydrogen) atoms. The summed E-state index contributed by atoms with van der Waals surface area (Å²) < 4.78 is 5.40. The highest BCUT2D eigenvalue weighted by Gasteiger charge is 2.30. The van der Waals surface area contributed by atoms with Crippen molar-refractivity contribution in [2.24, 2.45) is 5.92 Å².